The molecule has 0 atom stereocenters. The van der Waals surface area contributed by atoms with E-state index in [9.17, 15) is 14.4 Å². The van der Waals surface area contributed by atoms with E-state index in [1.165, 1.54) is 4.90 Å². The number of primary amides is 1. The number of hydrogen-bond donors (Lipinski definition) is 3. The molecule has 9 heteroatoms. The van der Waals surface area contributed by atoms with Gasteiger partial charge in [-0.15, -0.1) is 0 Å². The largest absolute Gasteiger partial charge is 0.369 e. The number of benzene rings is 1. The third-order valence-corrected chi connectivity index (χ3v) is 4.72. The fourth-order valence-electron chi connectivity index (χ4n) is 3.24. The van der Waals surface area contributed by atoms with Gasteiger partial charge in [-0.2, -0.15) is 0 Å². The van der Waals surface area contributed by atoms with Crippen LogP contribution in [-0.2, 0) is 16.1 Å². The molecule has 0 unspecified atom stereocenters. The van der Waals surface area contributed by atoms with Crippen molar-refractivity contribution in [2.24, 2.45) is 5.73 Å². The number of carbonyl (C=O) groups is 3. The van der Waals surface area contributed by atoms with E-state index in [2.05, 4.69) is 20.6 Å². The maximum absolute atomic E-state index is 12.2. The molecule has 0 aliphatic carbocycles. The Hall–Kier alpha value is -4.01. The summed E-state index contributed by atoms with van der Waals surface area (Å²) in [6, 6.07) is 9.13. The van der Waals surface area contributed by atoms with Gasteiger partial charge in [0.15, 0.2) is 0 Å². The van der Waals surface area contributed by atoms with E-state index < -0.39 is 5.91 Å². The van der Waals surface area contributed by atoms with Crippen LogP contribution in [0.5, 0.6) is 0 Å². The van der Waals surface area contributed by atoms with Crippen LogP contribution in [0.4, 0.5) is 10.6 Å². The van der Waals surface area contributed by atoms with Gasteiger partial charge in [-0.1, -0.05) is 12.1 Å². The average molecular weight is 420 g/mol. The van der Waals surface area contributed by atoms with Crippen molar-refractivity contribution in [3.05, 3.63) is 54.5 Å². The van der Waals surface area contributed by atoms with Gasteiger partial charge < -0.3 is 16.0 Å². The lowest BCUT2D eigenvalue weighted by atomic mass is 9.96. The van der Waals surface area contributed by atoms with Crippen molar-refractivity contribution in [2.75, 3.05) is 18.9 Å². The van der Waals surface area contributed by atoms with E-state index in [4.69, 9.17) is 5.73 Å². The van der Waals surface area contributed by atoms with Crippen LogP contribution in [-0.4, -0.2) is 46.3 Å². The average Bonchev–Trinajstić information content (AvgIpc) is 2.74. The van der Waals surface area contributed by atoms with E-state index in [0.717, 1.165) is 27.5 Å². The number of aromatic nitrogens is 2. The van der Waals surface area contributed by atoms with Crippen molar-refractivity contribution in [1.82, 2.24) is 20.2 Å². The molecule has 0 aliphatic heterocycles. The van der Waals surface area contributed by atoms with Crippen LogP contribution in [0.2, 0.25) is 0 Å². The van der Waals surface area contributed by atoms with Crippen LogP contribution in [0.25, 0.3) is 21.9 Å². The monoisotopic (exact) mass is 420 g/mol. The molecule has 2 aromatic heterocycles. The Bertz CT molecular complexity index is 1120. The number of urea groups is 1. The minimum absolute atomic E-state index is 0.282. The highest BCUT2D eigenvalue weighted by Crippen LogP contribution is 2.32. The Morgan fingerprint density at radius 2 is 1.84 bits per heavy atom. The summed E-state index contributed by atoms with van der Waals surface area (Å²) in [5.41, 5.74) is 7.88. The zero-order valence-corrected chi connectivity index (χ0v) is 17.4. The first-order valence-corrected chi connectivity index (χ1v) is 9.78. The van der Waals surface area contributed by atoms with Crippen molar-refractivity contribution < 1.29 is 14.4 Å². The number of amides is 4. The number of fused-ring (bicyclic) bond motifs is 1. The molecule has 1 aromatic carbocycles. The van der Waals surface area contributed by atoms with Crippen LogP contribution >= 0.6 is 0 Å². The van der Waals surface area contributed by atoms with Gasteiger partial charge in [0.2, 0.25) is 11.8 Å². The second-order valence-corrected chi connectivity index (χ2v) is 7.00. The molecule has 0 fully saturated rings. The van der Waals surface area contributed by atoms with Gasteiger partial charge in [0.1, 0.15) is 12.2 Å². The molecule has 160 valence electrons. The highest BCUT2D eigenvalue weighted by molar-refractivity contribution is 6.01. The van der Waals surface area contributed by atoms with Gasteiger partial charge in [0, 0.05) is 44.1 Å². The second kappa shape index (κ2) is 9.66. The van der Waals surface area contributed by atoms with Crippen LogP contribution in [0.1, 0.15) is 18.9 Å². The third-order valence-electron chi connectivity index (χ3n) is 4.72. The number of nitrogens with two attached hydrogens (primary N) is 1. The fraction of sp³-hybridized carbons (Fsp3) is 0.227. The lowest BCUT2D eigenvalue weighted by Gasteiger charge is -2.19. The summed E-state index contributed by atoms with van der Waals surface area (Å²) in [5.74, 6) is -0.622. The molecular formula is C22H24N6O3. The standard InChI is InChI=1S/C22H24N6O3/c1-3-25-22(31)27-20-10-17-16(14-6-8-24-9-7-14)5-4-15(18(17)12-26-20)13-28(2)21(30)11-19(23)29/h4-10,12H,3,11,13H2,1-2H3,(H2,23,29)(H2,25,26,27,31). The number of hydrogen-bond acceptors (Lipinski definition) is 5. The second-order valence-electron chi connectivity index (χ2n) is 7.00. The van der Waals surface area contributed by atoms with Crippen molar-refractivity contribution in [3.63, 3.8) is 0 Å². The summed E-state index contributed by atoms with van der Waals surface area (Å²) in [7, 11) is 1.62. The molecule has 0 bridgehead atoms. The number of pyridine rings is 2. The van der Waals surface area contributed by atoms with Gasteiger partial charge in [-0.3, -0.25) is 19.9 Å². The van der Waals surface area contributed by atoms with Crippen LogP contribution < -0.4 is 16.4 Å². The van der Waals surface area contributed by atoms with Gasteiger partial charge in [0.05, 0.1) is 0 Å². The number of anilines is 1. The topological polar surface area (TPSA) is 130 Å². The highest BCUT2D eigenvalue weighted by atomic mass is 16.2. The summed E-state index contributed by atoms with van der Waals surface area (Å²) in [4.78, 5) is 45.0. The van der Waals surface area contributed by atoms with Crippen molar-refractivity contribution in [2.45, 2.75) is 19.9 Å². The number of nitrogens with zero attached hydrogens (tertiary/aromatic N) is 3. The van der Waals surface area contributed by atoms with E-state index >= 15 is 0 Å². The van der Waals surface area contributed by atoms with Gasteiger partial charge >= 0.3 is 6.03 Å². The predicted molar refractivity (Wildman–Crippen MR) is 118 cm³/mol. The molecule has 0 saturated heterocycles. The zero-order valence-electron chi connectivity index (χ0n) is 17.4. The third kappa shape index (κ3) is 5.33. The first kappa shape index (κ1) is 21.7. The SMILES string of the molecule is CCNC(=O)Nc1cc2c(-c3ccncc3)ccc(CN(C)C(=O)CC(N)=O)c2cn1. The van der Waals surface area contributed by atoms with Crippen LogP contribution in [0.3, 0.4) is 0 Å². The summed E-state index contributed by atoms with van der Waals surface area (Å²) >= 11 is 0. The smallest absolute Gasteiger partial charge is 0.320 e. The molecule has 4 N–H and O–H groups in total. The van der Waals surface area contributed by atoms with Crippen LogP contribution in [0.15, 0.2) is 48.9 Å². The summed E-state index contributed by atoms with van der Waals surface area (Å²) in [5, 5.41) is 7.09. The quantitative estimate of drug-likeness (QED) is 0.505. The Kier molecular flexibility index (Phi) is 6.76. The summed E-state index contributed by atoms with van der Waals surface area (Å²) < 4.78 is 0. The van der Waals surface area contributed by atoms with Crippen molar-refractivity contribution >= 4 is 34.4 Å². The zero-order chi connectivity index (χ0) is 22.4. The van der Waals surface area contributed by atoms with Crippen LogP contribution in [0, 0.1) is 0 Å². The molecule has 9 nitrogen and oxygen atoms in total. The number of rotatable bonds is 7. The first-order valence-electron chi connectivity index (χ1n) is 9.78. The lowest BCUT2D eigenvalue weighted by Crippen LogP contribution is -2.30. The van der Waals surface area contributed by atoms with E-state index in [1.54, 1.807) is 31.7 Å². The van der Waals surface area contributed by atoms with E-state index in [-0.39, 0.29) is 24.9 Å². The number of carbonyl (C=O) groups excluding carboxylic acids is 3. The Morgan fingerprint density at radius 1 is 1.10 bits per heavy atom. The molecule has 4 amide bonds. The Morgan fingerprint density at radius 3 is 2.52 bits per heavy atom. The maximum atomic E-state index is 12.2. The predicted octanol–water partition coefficient (Wildman–Crippen LogP) is 2.27. The molecule has 0 saturated carbocycles. The maximum Gasteiger partial charge on any atom is 0.320 e. The Balaban J connectivity index is 2.04. The van der Waals surface area contributed by atoms with E-state index in [0.29, 0.717) is 12.4 Å². The molecule has 2 heterocycles. The Labute approximate surface area is 179 Å². The molecule has 3 aromatic rings. The molecule has 0 spiro atoms. The van der Waals surface area contributed by atoms with Crippen molar-refractivity contribution in [1.29, 1.82) is 0 Å². The molecule has 0 aliphatic rings. The summed E-state index contributed by atoms with van der Waals surface area (Å²) in [6.45, 7) is 2.61. The van der Waals surface area contributed by atoms with Gasteiger partial charge in [0.25, 0.3) is 0 Å². The van der Waals surface area contributed by atoms with E-state index in [1.807, 2.05) is 31.2 Å². The van der Waals surface area contributed by atoms with Gasteiger partial charge in [-0.25, -0.2) is 9.78 Å². The highest BCUT2D eigenvalue weighted by Gasteiger charge is 2.16. The number of nitrogens with one attached hydrogen (secondary N) is 2. The first-order chi connectivity index (χ1) is 14.9. The molecule has 31 heavy (non-hydrogen) atoms. The fourth-order valence-corrected chi connectivity index (χ4v) is 3.24. The minimum atomic E-state index is -0.669. The summed E-state index contributed by atoms with van der Waals surface area (Å²) in [6.07, 6.45) is 4.74. The minimum Gasteiger partial charge on any atom is -0.369 e. The molecule has 3 rings (SSSR count). The molecule has 0 radical (unpaired) electrons. The lowest BCUT2D eigenvalue weighted by molar-refractivity contribution is -0.134. The van der Waals surface area contributed by atoms with Gasteiger partial charge in [-0.05, 0) is 47.2 Å². The van der Waals surface area contributed by atoms with Crippen molar-refractivity contribution in [3.8, 4) is 11.1 Å². The normalized spacial score (nSPS) is 10.5. The molecular weight excluding hydrogens is 396 g/mol.